The Morgan fingerprint density at radius 2 is 1.88 bits per heavy atom. The van der Waals surface area contributed by atoms with Crippen LogP contribution in [0.2, 0.25) is 5.02 Å². The summed E-state index contributed by atoms with van der Waals surface area (Å²) in [5, 5.41) is 2.80. The van der Waals surface area contributed by atoms with Crippen LogP contribution >= 0.6 is 23.4 Å². The van der Waals surface area contributed by atoms with Crippen LogP contribution in [0.3, 0.4) is 0 Å². The van der Waals surface area contributed by atoms with Crippen LogP contribution in [0.5, 0.6) is 0 Å². The molecule has 2 rings (SSSR count). The Bertz CT molecular complexity index is 772. The van der Waals surface area contributed by atoms with Gasteiger partial charge in [-0.2, -0.15) is 8.78 Å². The molecule has 9 heteroatoms. The molecule has 0 aliphatic heterocycles. The molecule has 0 heterocycles. The first-order valence-electron chi connectivity index (χ1n) is 6.92. The molecule has 2 aromatic rings. The summed E-state index contributed by atoms with van der Waals surface area (Å²) in [7, 11) is 0. The van der Waals surface area contributed by atoms with E-state index in [0.29, 0.717) is 27.4 Å². The predicted octanol–water partition coefficient (Wildman–Crippen LogP) is 4.03. The minimum atomic E-state index is -2.51. The number of halogens is 3. The molecular weight excluding hydrogens is 374 g/mol. The van der Waals surface area contributed by atoms with Crippen molar-refractivity contribution in [3.05, 3.63) is 53.1 Å². The highest BCUT2D eigenvalue weighted by Gasteiger charge is 2.12. The Morgan fingerprint density at radius 3 is 2.48 bits per heavy atom. The van der Waals surface area contributed by atoms with E-state index in [1.165, 1.54) is 42.5 Å². The Morgan fingerprint density at radius 1 is 1.20 bits per heavy atom. The summed E-state index contributed by atoms with van der Waals surface area (Å²) < 4.78 is 29.3. The van der Waals surface area contributed by atoms with Crippen LogP contribution in [0, 0.1) is 0 Å². The number of thioether (sulfide) groups is 1. The third-order valence-electron chi connectivity index (χ3n) is 2.93. The summed E-state index contributed by atoms with van der Waals surface area (Å²) in [6, 6.07) is 10.1. The standard InChI is InChI=1S/C16H13ClF2N2O3S/c17-12-6-1-9(7-13(12)20)15(23)24-8-14(22)21-10-2-4-11(5-3-10)25-16(18)19/h1-7,16H,8,20H2,(H,21,22). The lowest BCUT2D eigenvalue weighted by atomic mass is 10.2. The zero-order valence-corrected chi connectivity index (χ0v) is 14.2. The van der Waals surface area contributed by atoms with Crippen molar-refractivity contribution in [1.29, 1.82) is 0 Å². The molecule has 2 aromatic carbocycles. The smallest absolute Gasteiger partial charge is 0.338 e. The second-order valence-electron chi connectivity index (χ2n) is 4.76. The van der Waals surface area contributed by atoms with Crippen LogP contribution in [0.1, 0.15) is 10.4 Å². The van der Waals surface area contributed by atoms with Crippen LogP contribution < -0.4 is 11.1 Å². The molecule has 0 saturated heterocycles. The minimum Gasteiger partial charge on any atom is -0.452 e. The minimum absolute atomic E-state index is 0.170. The Labute approximate surface area is 151 Å². The number of nitrogen functional groups attached to an aromatic ring is 1. The van der Waals surface area contributed by atoms with Crippen LogP contribution in [0.15, 0.2) is 47.4 Å². The molecule has 3 N–H and O–H groups in total. The fourth-order valence-corrected chi connectivity index (χ4v) is 2.42. The van der Waals surface area contributed by atoms with Gasteiger partial charge in [-0.25, -0.2) is 4.79 Å². The van der Waals surface area contributed by atoms with Crippen molar-refractivity contribution in [3.63, 3.8) is 0 Å². The van der Waals surface area contributed by atoms with Gasteiger partial charge in [0.2, 0.25) is 0 Å². The summed E-state index contributed by atoms with van der Waals surface area (Å²) in [5.41, 5.74) is 6.38. The average Bonchev–Trinajstić information content (AvgIpc) is 2.56. The molecule has 0 aliphatic rings. The number of rotatable bonds is 6. The van der Waals surface area contributed by atoms with Crippen molar-refractivity contribution < 1.29 is 23.1 Å². The second kappa shape index (κ2) is 8.68. The van der Waals surface area contributed by atoms with Gasteiger partial charge in [0, 0.05) is 10.6 Å². The third kappa shape index (κ3) is 5.91. The van der Waals surface area contributed by atoms with E-state index in [4.69, 9.17) is 22.1 Å². The first-order valence-corrected chi connectivity index (χ1v) is 8.18. The van der Waals surface area contributed by atoms with E-state index in [1.807, 2.05) is 0 Å². The van der Waals surface area contributed by atoms with E-state index in [-0.39, 0.29) is 11.3 Å². The Balaban J connectivity index is 1.85. The molecule has 25 heavy (non-hydrogen) atoms. The number of carbonyl (C=O) groups is 2. The normalized spacial score (nSPS) is 10.6. The van der Waals surface area contributed by atoms with Crippen molar-refractivity contribution in [2.45, 2.75) is 10.7 Å². The number of anilines is 2. The Kier molecular flexibility index (Phi) is 6.60. The number of nitrogens with two attached hydrogens (primary N) is 1. The number of hydrogen-bond acceptors (Lipinski definition) is 5. The summed E-state index contributed by atoms with van der Waals surface area (Å²) in [6.45, 7) is -0.505. The van der Waals surface area contributed by atoms with Gasteiger partial charge in [0.25, 0.3) is 11.7 Å². The highest BCUT2D eigenvalue weighted by Crippen LogP contribution is 2.26. The quantitative estimate of drug-likeness (QED) is 0.445. The van der Waals surface area contributed by atoms with Gasteiger partial charge in [-0.15, -0.1) is 0 Å². The fraction of sp³-hybridized carbons (Fsp3) is 0.125. The number of carbonyl (C=O) groups excluding carboxylic acids is 2. The lowest BCUT2D eigenvalue weighted by Crippen LogP contribution is -2.21. The maximum Gasteiger partial charge on any atom is 0.338 e. The first-order chi connectivity index (χ1) is 11.8. The molecule has 1 amide bonds. The third-order valence-corrected chi connectivity index (χ3v) is 4.00. The predicted molar refractivity (Wildman–Crippen MR) is 93.1 cm³/mol. The van der Waals surface area contributed by atoms with Crippen LogP contribution in [0.25, 0.3) is 0 Å². The van der Waals surface area contributed by atoms with Crippen molar-refractivity contribution in [2.24, 2.45) is 0 Å². The van der Waals surface area contributed by atoms with Gasteiger partial charge in [0.15, 0.2) is 6.61 Å². The van der Waals surface area contributed by atoms with Gasteiger partial charge in [0.05, 0.1) is 16.3 Å². The summed E-state index contributed by atoms with van der Waals surface area (Å²) in [6.07, 6.45) is 0. The lowest BCUT2D eigenvalue weighted by Gasteiger charge is -2.08. The van der Waals surface area contributed by atoms with Crippen LogP contribution in [-0.4, -0.2) is 24.2 Å². The molecule has 132 valence electrons. The number of nitrogens with one attached hydrogen (secondary N) is 1. The summed E-state index contributed by atoms with van der Waals surface area (Å²) in [4.78, 5) is 24.0. The summed E-state index contributed by atoms with van der Waals surface area (Å²) >= 11 is 6.16. The number of benzene rings is 2. The van der Waals surface area contributed by atoms with Crippen molar-refractivity contribution in [1.82, 2.24) is 0 Å². The zero-order valence-electron chi connectivity index (χ0n) is 12.7. The van der Waals surface area contributed by atoms with E-state index >= 15 is 0 Å². The number of alkyl halides is 2. The molecule has 0 radical (unpaired) electrons. The maximum atomic E-state index is 12.2. The average molecular weight is 387 g/mol. The zero-order chi connectivity index (χ0) is 18.4. The van der Waals surface area contributed by atoms with Gasteiger partial charge in [-0.05, 0) is 42.5 Å². The molecule has 0 fully saturated rings. The first kappa shape index (κ1) is 19.0. The molecule has 0 saturated carbocycles. The molecule has 0 spiro atoms. The van der Waals surface area contributed by atoms with E-state index in [9.17, 15) is 18.4 Å². The van der Waals surface area contributed by atoms with E-state index < -0.39 is 24.2 Å². The molecule has 0 unspecified atom stereocenters. The molecule has 0 aliphatic carbocycles. The van der Waals surface area contributed by atoms with Gasteiger partial charge < -0.3 is 15.8 Å². The fourth-order valence-electron chi connectivity index (χ4n) is 1.80. The molecule has 5 nitrogen and oxygen atoms in total. The topological polar surface area (TPSA) is 81.4 Å². The number of amides is 1. The van der Waals surface area contributed by atoms with Gasteiger partial charge in [0.1, 0.15) is 0 Å². The molecule has 0 bridgehead atoms. The highest BCUT2D eigenvalue weighted by molar-refractivity contribution is 7.99. The van der Waals surface area contributed by atoms with Crippen molar-refractivity contribution >= 4 is 46.6 Å². The van der Waals surface area contributed by atoms with Gasteiger partial charge in [-0.3, -0.25) is 4.79 Å². The van der Waals surface area contributed by atoms with Crippen molar-refractivity contribution in [3.8, 4) is 0 Å². The molecular formula is C16H13ClF2N2O3S. The van der Waals surface area contributed by atoms with E-state index in [0.717, 1.165) is 0 Å². The highest BCUT2D eigenvalue weighted by atomic mass is 35.5. The lowest BCUT2D eigenvalue weighted by molar-refractivity contribution is -0.119. The Hall–Kier alpha value is -2.32. The van der Waals surface area contributed by atoms with Crippen LogP contribution in [-0.2, 0) is 9.53 Å². The number of ether oxygens (including phenoxy) is 1. The maximum absolute atomic E-state index is 12.2. The van der Waals surface area contributed by atoms with Crippen molar-refractivity contribution in [2.75, 3.05) is 17.7 Å². The van der Waals surface area contributed by atoms with E-state index in [1.54, 1.807) is 0 Å². The van der Waals surface area contributed by atoms with Gasteiger partial charge >= 0.3 is 5.97 Å². The largest absolute Gasteiger partial charge is 0.452 e. The van der Waals surface area contributed by atoms with Crippen LogP contribution in [0.4, 0.5) is 20.2 Å². The number of hydrogen-bond donors (Lipinski definition) is 2. The molecule has 0 aromatic heterocycles. The van der Waals surface area contributed by atoms with E-state index in [2.05, 4.69) is 5.32 Å². The van der Waals surface area contributed by atoms with Gasteiger partial charge in [-0.1, -0.05) is 23.4 Å². The molecule has 0 atom stereocenters. The number of esters is 1. The summed E-state index contributed by atoms with van der Waals surface area (Å²) in [5.74, 6) is -3.80. The monoisotopic (exact) mass is 386 g/mol. The SMILES string of the molecule is Nc1cc(C(=O)OCC(=O)Nc2ccc(SC(F)F)cc2)ccc1Cl. The second-order valence-corrected chi connectivity index (χ2v) is 6.23.